The SMILES string of the molecule is CN1CCC2(CC1)CCN(C(=O)Cn1cc(NC(=O)c3cnn4cccnc34)c(-c3cc(Cl)ccc3OC(F)F)n1)C2. The average molecular weight is 599 g/mol. The van der Waals surface area contributed by atoms with E-state index in [0.717, 1.165) is 32.4 Å². The summed E-state index contributed by atoms with van der Waals surface area (Å²) in [6.07, 6.45) is 9.13. The number of halogens is 3. The molecule has 2 saturated heterocycles. The average Bonchev–Trinajstić information content (AvgIpc) is 3.69. The molecule has 220 valence electrons. The molecule has 0 radical (unpaired) electrons. The number of anilines is 1. The Morgan fingerprint density at radius 2 is 1.98 bits per heavy atom. The van der Waals surface area contributed by atoms with Crippen LogP contribution in [0.25, 0.3) is 16.9 Å². The van der Waals surface area contributed by atoms with Gasteiger partial charge in [0.05, 0.1) is 11.9 Å². The summed E-state index contributed by atoms with van der Waals surface area (Å²) in [7, 11) is 2.11. The number of nitrogens with zero attached hydrogens (tertiary/aromatic N) is 7. The second-order valence-corrected chi connectivity index (χ2v) is 11.3. The fourth-order valence-corrected chi connectivity index (χ4v) is 5.92. The van der Waals surface area contributed by atoms with Crippen molar-refractivity contribution in [2.75, 3.05) is 38.5 Å². The van der Waals surface area contributed by atoms with Crippen molar-refractivity contribution in [3.63, 3.8) is 0 Å². The van der Waals surface area contributed by atoms with E-state index in [2.05, 4.69) is 32.4 Å². The largest absolute Gasteiger partial charge is 0.434 e. The number of benzene rings is 1. The highest BCUT2D eigenvalue weighted by atomic mass is 35.5. The molecule has 11 nitrogen and oxygen atoms in total. The molecule has 14 heteroatoms. The smallest absolute Gasteiger partial charge is 0.387 e. The Bertz CT molecular complexity index is 1630. The van der Waals surface area contributed by atoms with Gasteiger partial charge in [0.1, 0.15) is 23.6 Å². The Morgan fingerprint density at radius 1 is 1.19 bits per heavy atom. The minimum absolute atomic E-state index is 0.0945. The highest BCUT2D eigenvalue weighted by Crippen LogP contribution is 2.40. The van der Waals surface area contributed by atoms with Crippen LogP contribution in [0.15, 0.2) is 49.1 Å². The molecule has 1 spiro atoms. The van der Waals surface area contributed by atoms with Crippen molar-refractivity contribution in [3.05, 3.63) is 59.6 Å². The van der Waals surface area contributed by atoms with Crippen LogP contribution in [-0.2, 0) is 11.3 Å². The van der Waals surface area contributed by atoms with Gasteiger partial charge in [-0.3, -0.25) is 14.3 Å². The van der Waals surface area contributed by atoms with E-state index in [-0.39, 0.29) is 51.1 Å². The maximum absolute atomic E-state index is 13.4. The van der Waals surface area contributed by atoms with Gasteiger partial charge in [0.25, 0.3) is 5.91 Å². The molecular formula is C28H29ClF2N8O3. The fraction of sp³-hybridized carbons (Fsp3) is 0.393. The van der Waals surface area contributed by atoms with Crippen LogP contribution in [0.1, 0.15) is 29.6 Å². The van der Waals surface area contributed by atoms with Gasteiger partial charge in [0, 0.05) is 42.3 Å². The van der Waals surface area contributed by atoms with Gasteiger partial charge < -0.3 is 19.9 Å². The van der Waals surface area contributed by atoms with Crippen LogP contribution in [0.5, 0.6) is 5.75 Å². The van der Waals surface area contributed by atoms with Gasteiger partial charge in [-0.1, -0.05) is 11.6 Å². The summed E-state index contributed by atoms with van der Waals surface area (Å²) >= 11 is 6.22. The molecule has 2 aliphatic rings. The van der Waals surface area contributed by atoms with Crippen molar-refractivity contribution in [2.24, 2.45) is 5.41 Å². The number of hydrogen-bond acceptors (Lipinski definition) is 7. The van der Waals surface area contributed by atoms with E-state index < -0.39 is 12.5 Å². The van der Waals surface area contributed by atoms with Gasteiger partial charge >= 0.3 is 6.61 Å². The number of fused-ring (bicyclic) bond motifs is 1. The first kappa shape index (κ1) is 28.0. The van der Waals surface area contributed by atoms with Gasteiger partial charge in [-0.15, -0.1) is 0 Å². The quantitative estimate of drug-likeness (QED) is 0.342. The standard InChI is InChI=1S/C28H29ClF2N8O3/c1-36-10-5-28(6-11-36)7-12-37(17-28)23(40)16-38-15-21(34-26(41)20-14-33-39-9-2-8-32-25(20)39)24(35-38)19-13-18(29)3-4-22(19)42-27(30)31/h2-4,8-9,13-15,27H,5-7,10-12,16-17H2,1H3,(H,34,41). The van der Waals surface area contributed by atoms with Gasteiger partial charge in [0.2, 0.25) is 5.91 Å². The molecule has 1 aromatic carbocycles. The second-order valence-electron chi connectivity index (χ2n) is 10.9. The summed E-state index contributed by atoms with van der Waals surface area (Å²) in [5.74, 6) is -0.833. The van der Waals surface area contributed by atoms with E-state index in [1.54, 1.807) is 12.3 Å². The van der Waals surface area contributed by atoms with E-state index >= 15 is 0 Å². The number of rotatable bonds is 7. The molecule has 1 N–H and O–H groups in total. The molecule has 0 unspecified atom stereocenters. The number of carbonyl (C=O) groups is 2. The fourth-order valence-electron chi connectivity index (χ4n) is 5.74. The highest BCUT2D eigenvalue weighted by Gasteiger charge is 2.41. The number of likely N-dealkylation sites (tertiary alicyclic amines) is 2. The highest BCUT2D eigenvalue weighted by molar-refractivity contribution is 6.31. The molecule has 0 saturated carbocycles. The molecule has 2 fully saturated rings. The van der Waals surface area contributed by atoms with Crippen LogP contribution in [0.3, 0.4) is 0 Å². The van der Waals surface area contributed by atoms with Crippen LogP contribution in [0, 0.1) is 5.41 Å². The molecule has 0 aliphatic carbocycles. The van der Waals surface area contributed by atoms with Crippen molar-refractivity contribution in [3.8, 4) is 17.0 Å². The van der Waals surface area contributed by atoms with Crippen LogP contribution in [0.2, 0.25) is 5.02 Å². The molecule has 4 aromatic rings. The number of alkyl halides is 2. The van der Waals surface area contributed by atoms with Crippen LogP contribution < -0.4 is 10.1 Å². The van der Waals surface area contributed by atoms with E-state index in [1.165, 1.54) is 46.0 Å². The zero-order valence-corrected chi connectivity index (χ0v) is 23.6. The number of aromatic nitrogens is 5. The first-order chi connectivity index (χ1) is 20.2. The molecule has 42 heavy (non-hydrogen) atoms. The van der Waals surface area contributed by atoms with E-state index in [9.17, 15) is 18.4 Å². The van der Waals surface area contributed by atoms with Gasteiger partial charge in [-0.2, -0.15) is 19.0 Å². The number of carbonyl (C=O) groups excluding carboxylic acids is 2. The Morgan fingerprint density at radius 3 is 2.76 bits per heavy atom. The molecular weight excluding hydrogens is 570 g/mol. The summed E-state index contributed by atoms with van der Waals surface area (Å²) < 4.78 is 34.1. The Hall–Kier alpha value is -4.10. The molecule has 3 aromatic heterocycles. The van der Waals surface area contributed by atoms with Crippen LogP contribution >= 0.6 is 11.6 Å². The van der Waals surface area contributed by atoms with Crippen molar-refractivity contribution in [2.45, 2.75) is 32.4 Å². The number of ether oxygens (including phenoxy) is 1. The molecule has 0 atom stereocenters. The summed E-state index contributed by atoms with van der Waals surface area (Å²) in [4.78, 5) is 35.1. The number of piperidine rings is 1. The lowest BCUT2D eigenvalue weighted by Gasteiger charge is -2.37. The molecule has 6 rings (SSSR count). The third-order valence-corrected chi connectivity index (χ3v) is 8.32. The molecule has 5 heterocycles. The summed E-state index contributed by atoms with van der Waals surface area (Å²) in [5.41, 5.74) is 1.10. The molecule has 2 amide bonds. The molecule has 2 aliphatic heterocycles. The maximum Gasteiger partial charge on any atom is 0.387 e. The summed E-state index contributed by atoms with van der Waals surface area (Å²) in [5, 5.41) is 11.7. The Balaban J connectivity index is 1.30. The lowest BCUT2D eigenvalue weighted by atomic mass is 9.78. The summed E-state index contributed by atoms with van der Waals surface area (Å²) in [6, 6.07) is 5.82. The zero-order chi connectivity index (χ0) is 29.4. The van der Waals surface area contributed by atoms with Crippen molar-refractivity contribution < 1.29 is 23.1 Å². The molecule has 0 bridgehead atoms. The normalized spacial score (nSPS) is 16.9. The predicted octanol–water partition coefficient (Wildman–Crippen LogP) is 4.04. The first-order valence-corrected chi connectivity index (χ1v) is 14.0. The van der Waals surface area contributed by atoms with Gasteiger partial charge in [-0.25, -0.2) is 9.50 Å². The number of nitrogens with one attached hydrogen (secondary N) is 1. The predicted molar refractivity (Wildman–Crippen MR) is 151 cm³/mol. The van der Waals surface area contributed by atoms with Crippen molar-refractivity contribution in [1.29, 1.82) is 0 Å². The van der Waals surface area contributed by atoms with E-state index in [4.69, 9.17) is 16.3 Å². The number of hydrogen-bond donors (Lipinski definition) is 1. The minimum Gasteiger partial charge on any atom is -0.434 e. The third kappa shape index (κ3) is 5.66. The van der Waals surface area contributed by atoms with Crippen LogP contribution in [-0.4, -0.2) is 85.8 Å². The lowest BCUT2D eigenvalue weighted by Crippen LogP contribution is -2.41. The minimum atomic E-state index is -3.10. The first-order valence-electron chi connectivity index (χ1n) is 13.6. The van der Waals surface area contributed by atoms with Crippen molar-refractivity contribution >= 4 is 34.7 Å². The van der Waals surface area contributed by atoms with Crippen molar-refractivity contribution in [1.82, 2.24) is 34.2 Å². The monoisotopic (exact) mass is 598 g/mol. The van der Waals surface area contributed by atoms with E-state index in [0.29, 0.717) is 18.7 Å². The topological polar surface area (TPSA) is 110 Å². The summed E-state index contributed by atoms with van der Waals surface area (Å²) in [6.45, 7) is 0.195. The number of amides is 2. The zero-order valence-electron chi connectivity index (χ0n) is 22.8. The van der Waals surface area contributed by atoms with Crippen LogP contribution in [0.4, 0.5) is 14.5 Å². The maximum atomic E-state index is 13.4. The lowest BCUT2D eigenvalue weighted by molar-refractivity contribution is -0.131. The van der Waals surface area contributed by atoms with Gasteiger partial charge in [0.15, 0.2) is 5.65 Å². The van der Waals surface area contributed by atoms with Gasteiger partial charge in [-0.05, 0) is 69.1 Å². The van der Waals surface area contributed by atoms with E-state index in [1.807, 2.05) is 4.90 Å². The second kappa shape index (κ2) is 11.3. The Labute approximate surface area is 245 Å². The Kier molecular flexibility index (Phi) is 7.54. The third-order valence-electron chi connectivity index (χ3n) is 8.08.